The molecule has 6 nitrogen and oxygen atoms in total. The molecule has 150 valence electrons. The number of rotatable bonds is 6. The number of carbonyl (C=O) groups is 1. The molecule has 1 saturated heterocycles. The van der Waals surface area contributed by atoms with Crippen molar-refractivity contribution in [1.29, 1.82) is 0 Å². The van der Waals surface area contributed by atoms with Crippen LogP contribution in [0.2, 0.25) is 0 Å². The highest BCUT2D eigenvalue weighted by molar-refractivity contribution is 7.89. The number of hydrogen-bond acceptors (Lipinski definition) is 4. The monoisotopic (exact) mass is 394 g/mol. The SMILES string of the molecule is CNS(=O)(=O)c1ccc(/C=C/C(=O)NCC2CCCOC2C(C)(C)C)cc1. The maximum Gasteiger partial charge on any atom is 0.244 e. The zero-order valence-corrected chi connectivity index (χ0v) is 17.3. The van der Waals surface area contributed by atoms with Crippen molar-refractivity contribution in [3.8, 4) is 0 Å². The second-order valence-electron chi connectivity index (χ2n) is 7.91. The third-order valence-corrected chi connectivity index (χ3v) is 6.15. The van der Waals surface area contributed by atoms with Crippen LogP contribution in [0, 0.1) is 11.3 Å². The molecule has 1 heterocycles. The molecule has 2 unspecified atom stereocenters. The number of hydrogen-bond donors (Lipinski definition) is 2. The van der Waals surface area contributed by atoms with E-state index in [0.717, 1.165) is 25.0 Å². The van der Waals surface area contributed by atoms with Crippen molar-refractivity contribution in [2.24, 2.45) is 11.3 Å². The van der Waals surface area contributed by atoms with Crippen LogP contribution in [0.15, 0.2) is 35.2 Å². The smallest absolute Gasteiger partial charge is 0.244 e. The molecule has 0 aliphatic carbocycles. The van der Waals surface area contributed by atoms with Crippen molar-refractivity contribution in [2.45, 2.75) is 44.6 Å². The Morgan fingerprint density at radius 2 is 1.93 bits per heavy atom. The molecule has 1 amide bonds. The summed E-state index contributed by atoms with van der Waals surface area (Å²) < 4.78 is 31.6. The largest absolute Gasteiger partial charge is 0.377 e. The van der Waals surface area contributed by atoms with Gasteiger partial charge in [-0.25, -0.2) is 13.1 Å². The summed E-state index contributed by atoms with van der Waals surface area (Å²) in [6.45, 7) is 7.86. The van der Waals surface area contributed by atoms with Crippen LogP contribution < -0.4 is 10.0 Å². The quantitative estimate of drug-likeness (QED) is 0.726. The normalized spacial score (nSPS) is 21.3. The molecule has 1 fully saturated rings. The molecule has 2 atom stereocenters. The molecule has 2 N–H and O–H groups in total. The highest BCUT2D eigenvalue weighted by Gasteiger charge is 2.35. The summed E-state index contributed by atoms with van der Waals surface area (Å²) in [4.78, 5) is 12.3. The van der Waals surface area contributed by atoms with Gasteiger partial charge in [0, 0.05) is 25.1 Å². The fraction of sp³-hybridized carbons (Fsp3) is 0.550. The van der Waals surface area contributed by atoms with Crippen molar-refractivity contribution in [2.75, 3.05) is 20.2 Å². The molecule has 1 aliphatic heterocycles. The first-order valence-electron chi connectivity index (χ1n) is 9.24. The predicted molar refractivity (Wildman–Crippen MR) is 107 cm³/mol. The van der Waals surface area contributed by atoms with Crippen molar-refractivity contribution in [3.63, 3.8) is 0 Å². The van der Waals surface area contributed by atoms with E-state index in [9.17, 15) is 13.2 Å². The molecule has 0 spiro atoms. The number of ether oxygens (including phenoxy) is 1. The lowest BCUT2D eigenvalue weighted by Crippen LogP contribution is -2.45. The van der Waals surface area contributed by atoms with E-state index in [0.29, 0.717) is 12.5 Å². The van der Waals surface area contributed by atoms with Gasteiger partial charge in [0.15, 0.2) is 0 Å². The van der Waals surface area contributed by atoms with Crippen molar-refractivity contribution < 1.29 is 17.9 Å². The minimum atomic E-state index is -3.45. The molecule has 7 heteroatoms. The van der Waals surface area contributed by atoms with E-state index in [1.807, 2.05) is 0 Å². The molecule has 0 bridgehead atoms. The van der Waals surface area contributed by atoms with Crippen LogP contribution in [-0.4, -0.2) is 40.6 Å². The maximum atomic E-state index is 12.1. The summed E-state index contributed by atoms with van der Waals surface area (Å²) in [6, 6.07) is 6.35. The Morgan fingerprint density at radius 1 is 1.26 bits per heavy atom. The van der Waals surface area contributed by atoms with Gasteiger partial charge in [0.05, 0.1) is 11.0 Å². The van der Waals surface area contributed by atoms with E-state index >= 15 is 0 Å². The maximum absolute atomic E-state index is 12.1. The van der Waals surface area contributed by atoms with Gasteiger partial charge in [-0.05, 0) is 49.1 Å². The number of nitrogens with one attached hydrogen (secondary N) is 2. The van der Waals surface area contributed by atoms with Gasteiger partial charge < -0.3 is 10.1 Å². The first-order valence-corrected chi connectivity index (χ1v) is 10.7. The molecular weight excluding hydrogens is 364 g/mol. The van der Waals surface area contributed by atoms with E-state index in [1.54, 1.807) is 18.2 Å². The zero-order valence-electron chi connectivity index (χ0n) is 16.5. The van der Waals surface area contributed by atoms with E-state index in [2.05, 4.69) is 30.8 Å². The van der Waals surface area contributed by atoms with E-state index in [1.165, 1.54) is 25.3 Å². The lowest BCUT2D eigenvalue weighted by Gasteiger charge is -2.40. The summed E-state index contributed by atoms with van der Waals surface area (Å²) in [5.41, 5.74) is 0.801. The Kier molecular flexibility index (Phi) is 7.19. The Labute approximate surface area is 162 Å². The lowest BCUT2D eigenvalue weighted by molar-refractivity contribution is -0.118. The van der Waals surface area contributed by atoms with Crippen molar-refractivity contribution >= 4 is 22.0 Å². The Morgan fingerprint density at radius 3 is 2.52 bits per heavy atom. The number of benzene rings is 1. The lowest BCUT2D eigenvalue weighted by atomic mass is 9.78. The average molecular weight is 395 g/mol. The summed E-state index contributed by atoms with van der Waals surface area (Å²) in [5.74, 6) is 0.141. The Balaban J connectivity index is 1.91. The van der Waals surface area contributed by atoms with Crippen LogP contribution in [0.3, 0.4) is 0 Å². The first kappa shape index (κ1) is 21.6. The Bertz CT molecular complexity index is 764. The molecule has 27 heavy (non-hydrogen) atoms. The third kappa shape index (κ3) is 6.16. The number of carbonyl (C=O) groups excluding carboxylic acids is 1. The van der Waals surface area contributed by atoms with Crippen LogP contribution in [0.4, 0.5) is 0 Å². The molecule has 0 radical (unpaired) electrons. The van der Waals surface area contributed by atoms with Gasteiger partial charge in [0.25, 0.3) is 0 Å². The summed E-state index contributed by atoms with van der Waals surface area (Å²) in [5, 5.41) is 2.96. The van der Waals surface area contributed by atoms with Crippen molar-refractivity contribution in [3.05, 3.63) is 35.9 Å². The fourth-order valence-electron chi connectivity index (χ4n) is 3.35. The summed E-state index contributed by atoms with van der Waals surface area (Å²) in [6.07, 6.45) is 5.34. The fourth-order valence-corrected chi connectivity index (χ4v) is 4.08. The second-order valence-corrected chi connectivity index (χ2v) is 9.80. The second kappa shape index (κ2) is 8.99. The first-order chi connectivity index (χ1) is 12.6. The Hall–Kier alpha value is -1.70. The van der Waals surface area contributed by atoms with Crippen LogP contribution in [0.5, 0.6) is 0 Å². The summed E-state index contributed by atoms with van der Waals surface area (Å²) >= 11 is 0. The van der Waals surface area contributed by atoms with Gasteiger partial charge in [-0.2, -0.15) is 0 Å². The minimum Gasteiger partial charge on any atom is -0.377 e. The van der Waals surface area contributed by atoms with Crippen LogP contribution >= 0.6 is 0 Å². The van der Waals surface area contributed by atoms with E-state index < -0.39 is 10.0 Å². The predicted octanol–water partition coefficient (Wildman–Crippen LogP) is 2.57. The van der Waals surface area contributed by atoms with Crippen LogP contribution in [0.1, 0.15) is 39.2 Å². The van der Waals surface area contributed by atoms with Gasteiger partial charge >= 0.3 is 0 Å². The topological polar surface area (TPSA) is 84.5 Å². The van der Waals surface area contributed by atoms with Gasteiger partial charge in [0.2, 0.25) is 15.9 Å². The summed E-state index contributed by atoms with van der Waals surface area (Å²) in [7, 11) is -2.08. The van der Waals surface area contributed by atoms with E-state index in [-0.39, 0.29) is 22.3 Å². The molecular formula is C20H30N2O4S. The minimum absolute atomic E-state index is 0.0427. The van der Waals surface area contributed by atoms with Gasteiger partial charge in [0.1, 0.15) is 0 Å². The van der Waals surface area contributed by atoms with Crippen molar-refractivity contribution in [1.82, 2.24) is 10.0 Å². The average Bonchev–Trinajstić information content (AvgIpc) is 2.64. The molecule has 2 rings (SSSR count). The standard InChI is InChI=1S/C20H30N2O4S/c1-20(2,3)19-16(6-5-13-26-19)14-22-18(23)12-9-15-7-10-17(11-8-15)27(24,25)21-4/h7-12,16,19,21H,5-6,13-14H2,1-4H3,(H,22,23)/b12-9+. The molecule has 1 aromatic carbocycles. The van der Waals surface area contributed by atoms with Crippen LogP contribution in [0.25, 0.3) is 6.08 Å². The molecule has 0 aromatic heterocycles. The zero-order chi connectivity index (χ0) is 20.1. The third-order valence-electron chi connectivity index (χ3n) is 4.72. The van der Waals surface area contributed by atoms with Gasteiger partial charge in [-0.15, -0.1) is 0 Å². The molecule has 0 saturated carbocycles. The van der Waals surface area contributed by atoms with Gasteiger partial charge in [-0.3, -0.25) is 4.79 Å². The highest BCUT2D eigenvalue weighted by Crippen LogP contribution is 2.33. The molecule has 1 aromatic rings. The highest BCUT2D eigenvalue weighted by atomic mass is 32.2. The molecule has 1 aliphatic rings. The van der Waals surface area contributed by atoms with Crippen LogP contribution in [-0.2, 0) is 19.6 Å². The number of sulfonamides is 1. The van der Waals surface area contributed by atoms with E-state index in [4.69, 9.17) is 4.74 Å². The van der Waals surface area contributed by atoms with Gasteiger partial charge in [-0.1, -0.05) is 32.9 Å². The number of amides is 1.